The number of aryl methyl sites for hydroxylation is 1. The molecule has 0 N–H and O–H groups in total. The van der Waals surface area contributed by atoms with Crippen LogP contribution >= 0.6 is 11.3 Å². The fourth-order valence-electron chi connectivity index (χ4n) is 4.18. The van der Waals surface area contributed by atoms with Crippen LogP contribution in [0.4, 0.5) is 0 Å². The van der Waals surface area contributed by atoms with E-state index in [1.165, 1.54) is 20.7 Å². The van der Waals surface area contributed by atoms with E-state index in [1.54, 1.807) is 35.6 Å². The van der Waals surface area contributed by atoms with Gasteiger partial charge in [0.25, 0.3) is 17.4 Å². The van der Waals surface area contributed by atoms with Gasteiger partial charge in [-0.1, -0.05) is 19.1 Å². The molecule has 1 aliphatic heterocycles. The van der Waals surface area contributed by atoms with E-state index in [1.807, 2.05) is 0 Å². The van der Waals surface area contributed by atoms with Crippen molar-refractivity contribution in [3.8, 4) is 0 Å². The van der Waals surface area contributed by atoms with Crippen LogP contribution in [0.25, 0.3) is 10.2 Å². The van der Waals surface area contributed by atoms with Gasteiger partial charge < -0.3 is 0 Å². The summed E-state index contributed by atoms with van der Waals surface area (Å²) in [7, 11) is 0. The van der Waals surface area contributed by atoms with Crippen molar-refractivity contribution in [3.63, 3.8) is 0 Å². The fourth-order valence-corrected chi connectivity index (χ4v) is 5.52. The van der Waals surface area contributed by atoms with Gasteiger partial charge in [-0.25, -0.2) is 4.98 Å². The lowest BCUT2D eigenvalue weighted by atomic mass is 9.89. The summed E-state index contributed by atoms with van der Waals surface area (Å²) in [6, 6.07) is 6.81. The lowest BCUT2D eigenvalue weighted by molar-refractivity contribution is 0.0648. The second kappa shape index (κ2) is 6.38. The maximum atomic E-state index is 13.1. The molecular formula is C21H19N3O3S. The van der Waals surface area contributed by atoms with E-state index in [0.717, 1.165) is 35.0 Å². The zero-order valence-electron chi connectivity index (χ0n) is 15.5. The van der Waals surface area contributed by atoms with Gasteiger partial charge >= 0.3 is 0 Å². The van der Waals surface area contributed by atoms with E-state index in [0.29, 0.717) is 17.0 Å². The standard InChI is InChI=1S/C21H19N3O3S/c1-12-6-7-15-16(10-12)28-18-17(15)21(27)23(11-22-18)8-9-24-19(25)13-4-2-3-5-14(13)20(24)26/h2-5,11-12H,6-10H2,1H3/t12-/m0/s1. The lowest BCUT2D eigenvalue weighted by Crippen LogP contribution is -2.35. The number of nitrogens with zero attached hydrogens (tertiary/aromatic N) is 3. The molecule has 0 saturated heterocycles. The summed E-state index contributed by atoms with van der Waals surface area (Å²) >= 11 is 1.62. The second-order valence-corrected chi connectivity index (χ2v) is 8.67. The number of carbonyl (C=O) groups is 2. The van der Waals surface area contributed by atoms with Gasteiger partial charge in [-0.05, 0) is 42.9 Å². The van der Waals surface area contributed by atoms with E-state index in [-0.39, 0.29) is 30.5 Å². The Hall–Kier alpha value is -2.80. The Morgan fingerprint density at radius 3 is 2.54 bits per heavy atom. The zero-order chi connectivity index (χ0) is 19.4. The normalized spacial score (nSPS) is 18.6. The maximum absolute atomic E-state index is 13.1. The second-order valence-electron chi connectivity index (χ2n) is 7.58. The molecule has 0 saturated carbocycles. The molecule has 0 unspecified atom stereocenters. The number of imide groups is 1. The van der Waals surface area contributed by atoms with E-state index in [9.17, 15) is 14.4 Å². The van der Waals surface area contributed by atoms with Crippen LogP contribution in [-0.2, 0) is 19.4 Å². The van der Waals surface area contributed by atoms with Crippen molar-refractivity contribution in [3.05, 3.63) is 62.5 Å². The first kappa shape index (κ1) is 17.3. The molecule has 3 heterocycles. The topological polar surface area (TPSA) is 72.3 Å². The Kier molecular flexibility index (Phi) is 3.94. The van der Waals surface area contributed by atoms with Gasteiger partial charge in [0.1, 0.15) is 4.83 Å². The molecule has 5 rings (SSSR count). The molecule has 0 radical (unpaired) electrons. The Balaban J connectivity index is 1.44. The highest BCUT2D eigenvalue weighted by atomic mass is 32.1. The van der Waals surface area contributed by atoms with Gasteiger partial charge in [0.2, 0.25) is 0 Å². The summed E-state index contributed by atoms with van der Waals surface area (Å²) in [5.74, 6) is 0.0331. The van der Waals surface area contributed by atoms with Crippen LogP contribution in [0.3, 0.4) is 0 Å². The van der Waals surface area contributed by atoms with Crippen LogP contribution in [0.2, 0.25) is 0 Å². The Morgan fingerprint density at radius 1 is 1.11 bits per heavy atom. The first-order valence-electron chi connectivity index (χ1n) is 9.49. The molecule has 0 bridgehead atoms. The average molecular weight is 393 g/mol. The fraction of sp³-hybridized carbons (Fsp3) is 0.333. The van der Waals surface area contributed by atoms with Gasteiger partial charge in [-0.2, -0.15) is 0 Å². The molecule has 142 valence electrons. The molecular weight excluding hydrogens is 374 g/mol. The molecule has 3 aromatic rings. The highest BCUT2D eigenvalue weighted by Gasteiger charge is 2.34. The van der Waals surface area contributed by atoms with Gasteiger partial charge in [0.15, 0.2) is 0 Å². The van der Waals surface area contributed by atoms with Gasteiger partial charge in [0, 0.05) is 18.0 Å². The molecule has 1 aromatic carbocycles. The minimum Gasteiger partial charge on any atom is -0.297 e. The van der Waals surface area contributed by atoms with E-state index >= 15 is 0 Å². The number of hydrogen-bond donors (Lipinski definition) is 0. The van der Waals surface area contributed by atoms with Crippen LogP contribution in [0, 0.1) is 5.92 Å². The first-order valence-corrected chi connectivity index (χ1v) is 10.3. The first-order chi connectivity index (χ1) is 13.5. The van der Waals surface area contributed by atoms with Crippen LogP contribution in [0.15, 0.2) is 35.4 Å². The molecule has 0 fully saturated rings. The molecule has 1 atom stereocenters. The average Bonchev–Trinajstić information content (AvgIpc) is 3.17. The number of rotatable bonds is 3. The summed E-state index contributed by atoms with van der Waals surface area (Å²) in [4.78, 5) is 45.9. The Bertz CT molecular complexity index is 1160. The van der Waals surface area contributed by atoms with Crippen molar-refractivity contribution in [2.75, 3.05) is 6.54 Å². The molecule has 6 nitrogen and oxygen atoms in total. The third kappa shape index (κ3) is 2.53. The molecule has 2 aliphatic rings. The third-order valence-corrected chi connectivity index (χ3v) is 6.89. The van der Waals surface area contributed by atoms with Crippen molar-refractivity contribution >= 4 is 33.4 Å². The number of hydrogen-bond acceptors (Lipinski definition) is 5. The number of fused-ring (bicyclic) bond motifs is 4. The quantitative estimate of drug-likeness (QED) is 0.642. The molecule has 0 spiro atoms. The Labute approximate surface area is 165 Å². The van der Waals surface area contributed by atoms with Crippen LogP contribution in [0.5, 0.6) is 0 Å². The molecule has 1 aliphatic carbocycles. The van der Waals surface area contributed by atoms with E-state index in [2.05, 4.69) is 11.9 Å². The van der Waals surface area contributed by atoms with Crippen molar-refractivity contribution < 1.29 is 9.59 Å². The van der Waals surface area contributed by atoms with Crippen molar-refractivity contribution in [1.82, 2.24) is 14.5 Å². The van der Waals surface area contributed by atoms with Gasteiger partial charge in [-0.3, -0.25) is 23.9 Å². The predicted molar refractivity (Wildman–Crippen MR) is 107 cm³/mol. The van der Waals surface area contributed by atoms with Crippen LogP contribution in [0.1, 0.15) is 44.5 Å². The zero-order valence-corrected chi connectivity index (χ0v) is 16.3. The summed E-state index contributed by atoms with van der Waals surface area (Å²) in [6.45, 7) is 2.64. The predicted octanol–water partition coefficient (Wildman–Crippen LogP) is 2.88. The SMILES string of the molecule is C[C@H]1CCc2c(sc3ncn(CCN4C(=O)c5ccccc5C4=O)c(=O)c23)C1. The highest BCUT2D eigenvalue weighted by molar-refractivity contribution is 7.18. The monoisotopic (exact) mass is 393 g/mol. The highest BCUT2D eigenvalue weighted by Crippen LogP contribution is 2.35. The molecule has 2 amide bonds. The van der Waals surface area contributed by atoms with E-state index < -0.39 is 0 Å². The lowest BCUT2D eigenvalue weighted by Gasteiger charge is -2.17. The number of amides is 2. The minimum atomic E-state index is -0.301. The van der Waals surface area contributed by atoms with Crippen molar-refractivity contribution in [2.45, 2.75) is 32.7 Å². The molecule has 2 aromatic heterocycles. The Morgan fingerprint density at radius 2 is 1.82 bits per heavy atom. The molecule has 7 heteroatoms. The molecule has 28 heavy (non-hydrogen) atoms. The number of thiophene rings is 1. The van der Waals surface area contributed by atoms with Gasteiger partial charge in [-0.15, -0.1) is 11.3 Å². The van der Waals surface area contributed by atoms with Crippen LogP contribution in [-0.4, -0.2) is 32.8 Å². The van der Waals surface area contributed by atoms with Gasteiger partial charge in [0.05, 0.1) is 22.8 Å². The summed E-state index contributed by atoms with van der Waals surface area (Å²) in [5.41, 5.74) is 1.92. The minimum absolute atomic E-state index is 0.0753. The smallest absolute Gasteiger partial charge is 0.262 e. The largest absolute Gasteiger partial charge is 0.297 e. The van der Waals surface area contributed by atoms with E-state index in [4.69, 9.17) is 0 Å². The van der Waals surface area contributed by atoms with Crippen molar-refractivity contribution in [2.24, 2.45) is 5.92 Å². The van der Waals surface area contributed by atoms with Crippen LogP contribution < -0.4 is 5.56 Å². The number of carbonyl (C=O) groups excluding carboxylic acids is 2. The summed E-state index contributed by atoms with van der Waals surface area (Å²) in [5, 5.41) is 0.719. The summed E-state index contributed by atoms with van der Waals surface area (Å²) < 4.78 is 1.52. The number of aromatic nitrogens is 2. The van der Waals surface area contributed by atoms with Crippen molar-refractivity contribution in [1.29, 1.82) is 0 Å². The number of benzene rings is 1. The summed E-state index contributed by atoms with van der Waals surface area (Å²) in [6.07, 6.45) is 4.54. The maximum Gasteiger partial charge on any atom is 0.262 e. The third-order valence-electron chi connectivity index (χ3n) is 5.72.